The fraction of sp³-hybridized carbons (Fsp3) is 0.364. The van der Waals surface area contributed by atoms with Gasteiger partial charge in [-0.3, -0.25) is 4.72 Å². The first-order chi connectivity index (χ1) is 7.87. The van der Waals surface area contributed by atoms with Crippen LogP contribution in [0.5, 0.6) is 0 Å². The number of sulfonamides is 1. The quantitative estimate of drug-likeness (QED) is 0.909. The number of imidazole rings is 1. The van der Waals surface area contributed by atoms with Crippen LogP contribution in [-0.4, -0.2) is 24.2 Å². The predicted molar refractivity (Wildman–Crippen MR) is 68.6 cm³/mol. The molecule has 0 atom stereocenters. The van der Waals surface area contributed by atoms with Crippen LogP contribution in [-0.2, 0) is 10.0 Å². The van der Waals surface area contributed by atoms with Crippen molar-refractivity contribution in [1.29, 1.82) is 0 Å². The maximum Gasteiger partial charge on any atom is 0.229 e. The fourth-order valence-corrected chi connectivity index (χ4v) is 2.28. The van der Waals surface area contributed by atoms with E-state index in [1.165, 1.54) is 0 Å². The van der Waals surface area contributed by atoms with Gasteiger partial charge in [0, 0.05) is 6.04 Å². The SMILES string of the molecule is CC(C)n1cnc2cc(NS(C)(=O)=O)ccc21. The summed E-state index contributed by atoms with van der Waals surface area (Å²) in [5, 5.41) is 0. The lowest BCUT2D eigenvalue weighted by Gasteiger charge is -2.08. The normalized spacial score (nSPS) is 12.2. The van der Waals surface area contributed by atoms with Crippen molar-refractivity contribution in [3.05, 3.63) is 24.5 Å². The minimum Gasteiger partial charge on any atom is -0.328 e. The highest BCUT2D eigenvalue weighted by atomic mass is 32.2. The van der Waals surface area contributed by atoms with Crippen molar-refractivity contribution in [2.75, 3.05) is 11.0 Å². The number of benzene rings is 1. The molecule has 1 heterocycles. The molecule has 5 nitrogen and oxygen atoms in total. The molecule has 0 spiro atoms. The Hall–Kier alpha value is -1.56. The zero-order chi connectivity index (χ0) is 12.6. The summed E-state index contributed by atoms with van der Waals surface area (Å²) in [5.41, 5.74) is 2.32. The van der Waals surface area contributed by atoms with Crippen molar-refractivity contribution in [3.8, 4) is 0 Å². The van der Waals surface area contributed by atoms with Crippen LogP contribution in [0, 0.1) is 0 Å². The van der Waals surface area contributed by atoms with Crippen LogP contribution in [0.3, 0.4) is 0 Å². The number of aromatic nitrogens is 2. The molecule has 92 valence electrons. The number of anilines is 1. The Bertz CT molecular complexity index is 644. The van der Waals surface area contributed by atoms with E-state index in [2.05, 4.69) is 23.6 Å². The molecule has 0 bridgehead atoms. The third kappa shape index (κ3) is 2.58. The smallest absolute Gasteiger partial charge is 0.229 e. The molecular weight excluding hydrogens is 238 g/mol. The highest BCUT2D eigenvalue weighted by molar-refractivity contribution is 7.92. The maximum absolute atomic E-state index is 11.1. The molecule has 2 rings (SSSR count). The lowest BCUT2D eigenvalue weighted by molar-refractivity contribution is 0.606. The van der Waals surface area contributed by atoms with E-state index in [-0.39, 0.29) is 0 Å². The Balaban J connectivity index is 2.46. The monoisotopic (exact) mass is 253 g/mol. The molecule has 0 saturated heterocycles. The Labute approximate surface area is 101 Å². The standard InChI is InChI=1S/C11H15N3O2S/c1-8(2)14-7-12-10-6-9(4-5-11(10)14)13-17(3,15)16/h4-8,13H,1-3H3. The van der Waals surface area contributed by atoms with Crippen molar-refractivity contribution < 1.29 is 8.42 Å². The second-order valence-electron chi connectivity index (χ2n) is 4.32. The van der Waals surface area contributed by atoms with Crippen LogP contribution in [0.4, 0.5) is 5.69 Å². The first-order valence-electron chi connectivity index (χ1n) is 5.31. The zero-order valence-electron chi connectivity index (χ0n) is 10.0. The first kappa shape index (κ1) is 11.9. The maximum atomic E-state index is 11.1. The van der Waals surface area contributed by atoms with Gasteiger partial charge in [0.25, 0.3) is 0 Å². The summed E-state index contributed by atoms with van der Waals surface area (Å²) in [5.74, 6) is 0. The van der Waals surface area contributed by atoms with E-state index in [0.29, 0.717) is 11.7 Å². The number of nitrogens with one attached hydrogen (secondary N) is 1. The molecular formula is C11H15N3O2S. The minimum absolute atomic E-state index is 0.328. The highest BCUT2D eigenvalue weighted by Gasteiger charge is 2.07. The molecule has 0 saturated carbocycles. The van der Waals surface area contributed by atoms with Gasteiger partial charge in [-0.2, -0.15) is 0 Å². The molecule has 0 amide bonds. The Kier molecular flexibility index (Phi) is 2.82. The second-order valence-corrected chi connectivity index (χ2v) is 6.07. The molecule has 0 aliphatic rings. The van der Waals surface area contributed by atoms with Gasteiger partial charge in [-0.05, 0) is 32.0 Å². The van der Waals surface area contributed by atoms with Gasteiger partial charge < -0.3 is 4.57 Å². The molecule has 2 aromatic rings. The lowest BCUT2D eigenvalue weighted by atomic mass is 10.2. The number of hydrogen-bond donors (Lipinski definition) is 1. The number of hydrogen-bond acceptors (Lipinski definition) is 3. The van der Waals surface area contributed by atoms with Gasteiger partial charge in [0.1, 0.15) is 0 Å². The summed E-state index contributed by atoms with van der Waals surface area (Å²) in [6.45, 7) is 4.15. The lowest BCUT2D eigenvalue weighted by Crippen LogP contribution is -2.09. The van der Waals surface area contributed by atoms with Crippen LogP contribution in [0.15, 0.2) is 24.5 Å². The van der Waals surface area contributed by atoms with Crippen molar-refractivity contribution in [2.45, 2.75) is 19.9 Å². The fourth-order valence-electron chi connectivity index (χ4n) is 1.72. The summed E-state index contributed by atoms with van der Waals surface area (Å²) in [7, 11) is -3.24. The highest BCUT2D eigenvalue weighted by Crippen LogP contribution is 2.21. The van der Waals surface area contributed by atoms with Crippen molar-refractivity contribution in [3.63, 3.8) is 0 Å². The summed E-state index contributed by atoms with van der Waals surface area (Å²) in [6.07, 6.45) is 2.89. The summed E-state index contributed by atoms with van der Waals surface area (Å²) in [4.78, 5) is 4.26. The van der Waals surface area contributed by atoms with Gasteiger partial charge in [0.15, 0.2) is 0 Å². The van der Waals surface area contributed by atoms with Crippen LogP contribution in [0.25, 0.3) is 11.0 Å². The van der Waals surface area contributed by atoms with E-state index in [9.17, 15) is 8.42 Å². The topological polar surface area (TPSA) is 64.0 Å². The van der Waals surface area contributed by atoms with Crippen LogP contribution in [0.2, 0.25) is 0 Å². The van der Waals surface area contributed by atoms with Gasteiger partial charge >= 0.3 is 0 Å². The molecule has 0 unspecified atom stereocenters. The van der Waals surface area contributed by atoms with Crippen LogP contribution < -0.4 is 4.72 Å². The van der Waals surface area contributed by atoms with Gasteiger partial charge in [-0.1, -0.05) is 0 Å². The average Bonchev–Trinajstić information content (AvgIpc) is 2.57. The van der Waals surface area contributed by atoms with Crippen molar-refractivity contribution in [1.82, 2.24) is 9.55 Å². The van der Waals surface area contributed by atoms with Crippen molar-refractivity contribution in [2.24, 2.45) is 0 Å². The van der Waals surface area contributed by atoms with E-state index in [1.807, 2.05) is 10.6 Å². The predicted octanol–water partition coefficient (Wildman–Crippen LogP) is 1.99. The number of rotatable bonds is 3. The molecule has 6 heteroatoms. The molecule has 0 fully saturated rings. The number of fused-ring (bicyclic) bond motifs is 1. The molecule has 0 aliphatic heterocycles. The Morgan fingerprint density at radius 1 is 1.35 bits per heavy atom. The molecule has 1 aromatic carbocycles. The largest absolute Gasteiger partial charge is 0.328 e. The van der Waals surface area contributed by atoms with Gasteiger partial charge in [-0.15, -0.1) is 0 Å². The van der Waals surface area contributed by atoms with Gasteiger partial charge in [0.2, 0.25) is 10.0 Å². The van der Waals surface area contributed by atoms with Crippen molar-refractivity contribution >= 4 is 26.7 Å². The molecule has 0 radical (unpaired) electrons. The Morgan fingerprint density at radius 2 is 2.06 bits per heavy atom. The van der Waals surface area contributed by atoms with E-state index < -0.39 is 10.0 Å². The molecule has 1 N–H and O–H groups in total. The van der Waals surface area contributed by atoms with E-state index in [0.717, 1.165) is 17.3 Å². The summed E-state index contributed by atoms with van der Waals surface area (Å²) >= 11 is 0. The van der Waals surface area contributed by atoms with Gasteiger partial charge in [0.05, 0.1) is 29.3 Å². The third-order valence-electron chi connectivity index (χ3n) is 2.43. The third-order valence-corrected chi connectivity index (χ3v) is 3.04. The first-order valence-corrected chi connectivity index (χ1v) is 7.20. The number of nitrogens with zero attached hydrogens (tertiary/aromatic N) is 2. The second kappa shape index (κ2) is 4.03. The zero-order valence-corrected chi connectivity index (χ0v) is 10.8. The molecule has 0 aliphatic carbocycles. The minimum atomic E-state index is -3.24. The van der Waals surface area contributed by atoms with Crippen LogP contribution in [0.1, 0.15) is 19.9 Å². The Morgan fingerprint density at radius 3 is 2.65 bits per heavy atom. The average molecular weight is 253 g/mol. The summed E-state index contributed by atoms with van der Waals surface area (Å²) in [6, 6.07) is 5.67. The molecule has 1 aromatic heterocycles. The summed E-state index contributed by atoms with van der Waals surface area (Å²) < 4.78 is 26.7. The van der Waals surface area contributed by atoms with E-state index in [4.69, 9.17) is 0 Å². The van der Waals surface area contributed by atoms with E-state index >= 15 is 0 Å². The van der Waals surface area contributed by atoms with Gasteiger partial charge in [-0.25, -0.2) is 13.4 Å². The molecule has 17 heavy (non-hydrogen) atoms. The van der Waals surface area contributed by atoms with Crippen LogP contribution >= 0.6 is 0 Å². The van der Waals surface area contributed by atoms with E-state index in [1.54, 1.807) is 18.5 Å².